The van der Waals surface area contributed by atoms with Gasteiger partial charge in [0.1, 0.15) is 10.6 Å². The molecule has 2 aromatic heterocycles. The Morgan fingerprint density at radius 3 is 2.50 bits per heavy atom. The first-order valence-electron chi connectivity index (χ1n) is 7.51. The molecular formula is C17H13ClN4O3S. The lowest BCUT2D eigenvalue weighted by Gasteiger charge is -2.07. The highest BCUT2D eigenvalue weighted by Crippen LogP contribution is 2.34. The third-order valence-corrected chi connectivity index (χ3v) is 5.04. The van der Waals surface area contributed by atoms with E-state index in [1.54, 1.807) is 12.1 Å². The van der Waals surface area contributed by atoms with E-state index in [0.717, 1.165) is 10.1 Å². The fraction of sp³-hybridized carbons (Fsp3) is 0.0588. The first-order chi connectivity index (χ1) is 12.6. The molecule has 3 aromatic rings. The van der Waals surface area contributed by atoms with E-state index >= 15 is 0 Å². The van der Waals surface area contributed by atoms with Gasteiger partial charge in [0.15, 0.2) is 0 Å². The van der Waals surface area contributed by atoms with Crippen molar-refractivity contribution >= 4 is 50.7 Å². The van der Waals surface area contributed by atoms with E-state index in [2.05, 4.69) is 21.2 Å². The zero-order valence-electron chi connectivity index (χ0n) is 13.3. The summed E-state index contributed by atoms with van der Waals surface area (Å²) >= 11 is 7.47. The monoisotopic (exact) mass is 388 g/mol. The summed E-state index contributed by atoms with van der Waals surface area (Å²) in [5, 5.41) is 3.61. The summed E-state index contributed by atoms with van der Waals surface area (Å²) in [4.78, 5) is 40.0. The molecule has 0 saturated heterocycles. The van der Waals surface area contributed by atoms with Crippen molar-refractivity contribution in [1.29, 1.82) is 0 Å². The maximum Gasteiger partial charge on any atom is 0.288 e. The molecule has 132 valence electrons. The maximum absolute atomic E-state index is 12.2. The van der Waals surface area contributed by atoms with Gasteiger partial charge in [0.05, 0.1) is 11.6 Å². The summed E-state index contributed by atoms with van der Waals surface area (Å²) in [5.41, 5.74) is 4.59. The number of nitrogens with one attached hydrogen (secondary N) is 3. The third-order valence-electron chi connectivity index (χ3n) is 3.36. The fourth-order valence-corrected chi connectivity index (χ4v) is 3.57. The van der Waals surface area contributed by atoms with Gasteiger partial charge < -0.3 is 5.32 Å². The Morgan fingerprint density at radius 2 is 1.77 bits per heavy atom. The molecule has 0 bridgehead atoms. The second kappa shape index (κ2) is 7.94. The molecule has 0 radical (unpaired) electrons. The number of benzene rings is 1. The molecule has 3 amide bonds. The number of rotatable bonds is 4. The molecule has 7 nitrogen and oxygen atoms in total. The standard InChI is InChI=1S/C17H13ClN4O3S/c18-14-10-5-1-2-7-12(10)26-15(14)17(25)20-9-13(23)21-22-16(24)11-6-3-4-8-19-11/h1-8H,9H2,(H,20,25)(H,21,23)(H,22,24). The van der Waals surface area contributed by atoms with Crippen LogP contribution in [0.5, 0.6) is 0 Å². The molecule has 0 aliphatic carbocycles. The summed E-state index contributed by atoms with van der Waals surface area (Å²) in [6.07, 6.45) is 1.46. The van der Waals surface area contributed by atoms with E-state index < -0.39 is 17.7 Å². The predicted molar refractivity (Wildman–Crippen MR) is 99.0 cm³/mol. The molecule has 0 fully saturated rings. The van der Waals surface area contributed by atoms with Gasteiger partial charge in [-0.15, -0.1) is 11.3 Å². The average molecular weight is 389 g/mol. The minimum absolute atomic E-state index is 0.161. The van der Waals surface area contributed by atoms with Crippen LogP contribution in [0, 0.1) is 0 Å². The van der Waals surface area contributed by atoms with Crippen LogP contribution < -0.4 is 16.2 Å². The number of halogens is 1. The Hall–Kier alpha value is -2.97. The van der Waals surface area contributed by atoms with Crippen molar-refractivity contribution in [2.75, 3.05) is 6.54 Å². The summed E-state index contributed by atoms with van der Waals surface area (Å²) in [6.45, 7) is -0.314. The zero-order chi connectivity index (χ0) is 18.5. The van der Waals surface area contributed by atoms with Crippen LogP contribution in [-0.2, 0) is 4.79 Å². The van der Waals surface area contributed by atoms with Gasteiger partial charge in [0.25, 0.3) is 17.7 Å². The second-order valence-electron chi connectivity index (χ2n) is 5.14. The summed E-state index contributed by atoms with van der Waals surface area (Å²) in [6, 6.07) is 12.2. The topological polar surface area (TPSA) is 100 Å². The number of amides is 3. The van der Waals surface area contributed by atoms with Gasteiger partial charge in [-0.2, -0.15) is 0 Å². The van der Waals surface area contributed by atoms with Gasteiger partial charge in [-0.05, 0) is 18.2 Å². The number of fused-ring (bicyclic) bond motifs is 1. The lowest BCUT2D eigenvalue weighted by atomic mass is 10.2. The number of hydrogen-bond acceptors (Lipinski definition) is 5. The first-order valence-corrected chi connectivity index (χ1v) is 8.71. The van der Waals surface area contributed by atoms with Crippen molar-refractivity contribution in [2.45, 2.75) is 0 Å². The van der Waals surface area contributed by atoms with Crippen molar-refractivity contribution in [3.8, 4) is 0 Å². The number of aromatic nitrogens is 1. The van der Waals surface area contributed by atoms with Gasteiger partial charge in [-0.25, -0.2) is 0 Å². The Kier molecular flexibility index (Phi) is 5.45. The van der Waals surface area contributed by atoms with Gasteiger partial charge >= 0.3 is 0 Å². The minimum atomic E-state index is -0.583. The molecule has 0 atom stereocenters. The molecule has 26 heavy (non-hydrogen) atoms. The highest BCUT2D eigenvalue weighted by atomic mass is 35.5. The normalized spacial score (nSPS) is 10.3. The Morgan fingerprint density at radius 1 is 1.00 bits per heavy atom. The minimum Gasteiger partial charge on any atom is -0.342 e. The highest BCUT2D eigenvalue weighted by Gasteiger charge is 2.17. The van der Waals surface area contributed by atoms with E-state index in [-0.39, 0.29) is 12.2 Å². The van der Waals surface area contributed by atoms with Crippen LogP contribution in [0.25, 0.3) is 10.1 Å². The van der Waals surface area contributed by atoms with Crippen molar-refractivity contribution in [3.63, 3.8) is 0 Å². The van der Waals surface area contributed by atoms with E-state index in [1.165, 1.54) is 23.6 Å². The molecule has 0 aliphatic rings. The zero-order valence-corrected chi connectivity index (χ0v) is 14.9. The molecule has 1 aromatic carbocycles. The maximum atomic E-state index is 12.2. The molecule has 2 heterocycles. The lowest BCUT2D eigenvalue weighted by Crippen LogP contribution is -2.46. The smallest absolute Gasteiger partial charge is 0.288 e. The summed E-state index contributed by atoms with van der Waals surface area (Å²) in [7, 11) is 0. The number of hydrazine groups is 1. The quantitative estimate of drug-likeness (QED) is 0.596. The SMILES string of the molecule is O=C(CNC(=O)c1sc2ccccc2c1Cl)NNC(=O)c1ccccn1. The van der Waals surface area contributed by atoms with E-state index in [4.69, 9.17) is 11.6 Å². The first kappa shape index (κ1) is 17.8. The van der Waals surface area contributed by atoms with Crippen LogP contribution in [0.4, 0.5) is 0 Å². The fourth-order valence-electron chi connectivity index (χ4n) is 2.13. The number of thiophene rings is 1. The number of carbonyl (C=O) groups is 3. The van der Waals surface area contributed by atoms with Gasteiger partial charge in [0, 0.05) is 16.3 Å². The van der Waals surface area contributed by atoms with Crippen LogP contribution >= 0.6 is 22.9 Å². The molecular weight excluding hydrogens is 376 g/mol. The Labute approximate surface area is 157 Å². The number of nitrogens with zero attached hydrogens (tertiary/aromatic N) is 1. The summed E-state index contributed by atoms with van der Waals surface area (Å²) < 4.78 is 0.884. The molecule has 3 N–H and O–H groups in total. The Bertz CT molecular complexity index is 975. The molecule has 3 rings (SSSR count). The average Bonchev–Trinajstić information content (AvgIpc) is 3.02. The molecule has 9 heteroatoms. The number of hydrogen-bond donors (Lipinski definition) is 3. The van der Waals surface area contributed by atoms with Crippen molar-refractivity contribution < 1.29 is 14.4 Å². The molecule has 0 spiro atoms. The van der Waals surface area contributed by atoms with Gasteiger partial charge in [0.2, 0.25) is 0 Å². The second-order valence-corrected chi connectivity index (χ2v) is 6.57. The van der Waals surface area contributed by atoms with E-state index in [9.17, 15) is 14.4 Å². The van der Waals surface area contributed by atoms with Crippen LogP contribution in [-0.4, -0.2) is 29.3 Å². The third kappa shape index (κ3) is 3.98. The van der Waals surface area contributed by atoms with Crippen LogP contribution in [0.1, 0.15) is 20.2 Å². The number of carbonyl (C=O) groups excluding carboxylic acids is 3. The molecule has 0 aliphatic heterocycles. The molecule has 0 unspecified atom stereocenters. The van der Waals surface area contributed by atoms with Crippen LogP contribution in [0.3, 0.4) is 0 Å². The summed E-state index contributed by atoms with van der Waals surface area (Å²) in [5.74, 6) is -1.60. The Balaban J connectivity index is 1.53. The van der Waals surface area contributed by atoms with E-state index in [1.807, 2.05) is 24.3 Å². The lowest BCUT2D eigenvalue weighted by molar-refractivity contribution is -0.120. The van der Waals surface area contributed by atoms with Crippen molar-refractivity contribution in [3.05, 3.63) is 64.3 Å². The van der Waals surface area contributed by atoms with E-state index in [0.29, 0.717) is 9.90 Å². The largest absolute Gasteiger partial charge is 0.342 e. The van der Waals surface area contributed by atoms with Crippen LogP contribution in [0.2, 0.25) is 5.02 Å². The van der Waals surface area contributed by atoms with Gasteiger partial charge in [-0.3, -0.25) is 30.2 Å². The van der Waals surface area contributed by atoms with Crippen molar-refractivity contribution in [1.82, 2.24) is 21.2 Å². The van der Waals surface area contributed by atoms with Crippen molar-refractivity contribution in [2.24, 2.45) is 0 Å². The van der Waals surface area contributed by atoms with Gasteiger partial charge in [-0.1, -0.05) is 35.9 Å². The number of pyridine rings is 1. The molecule has 0 saturated carbocycles. The highest BCUT2D eigenvalue weighted by molar-refractivity contribution is 7.21. The predicted octanol–water partition coefficient (Wildman–Crippen LogP) is 2.14. The van der Waals surface area contributed by atoms with Crippen LogP contribution in [0.15, 0.2) is 48.7 Å².